The molecule has 1 atom stereocenters. The van der Waals surface area contributed by atoms with Crippen LogP contribution >= 0.6 is 0 Å². The Morgan fingerprint density at radius 2 is 1.77 bits per heavy atom. The number of benzene rings is 2. The standard InChI is InChI=1S/C19H17N3O4/c1-12(18(23)22-13-6-8-14(25-2)9-7-13)26-19(24)15-4-3-5-16-17(15)21-11-10-20-16/h3-12H,1-2H3,(H,22,23). The summed E-state index contributed by atoms with van der Waals surface area (Å²) in [6.07, 6.45) is 2.07. The Bertz CT molecular complexity index is 936. The lowest BCUT2D eigenvalue weighted by molar-refractivity contribution is -0.123. The van der Waals surface area contributed by atoms with Crippen molar-refractivity contribution in [3.05, 3.63) is 60.4 Å². The van der Waals surface area contributed by atoms with Gasteiger partial charge in [0.1, 0.15) is 11.3 Å². The van der Waals surface area contributed by atoms with Crippen LogP contribution in [0.2, 0.25) is 0 Å². The molecule has 132 valence electrons. The molecule has 3 aromatic rings. The van der Waals surface area contributed by atoms with Gasteiger partial charge in [0, 0.05) is 18.1 Å². The van der Waals surface area contributed by atoms with E-state index in [1.54, 1.807) is 55.8 Å². The van der Waals surface area contributed by atoms with E-state index in [1.807, 2.05) is 0 Å². The van der Waals surface area contributed by atoms with Crippen molar-refractivity contribution in [1.82, 2.24) is 9.97 Å². The van der Waals surface area contributed by atoms with Gasteiger partial charge in [-0.15, -0.1) is 0 Å². The third-order valence-corrected chi connectivity index (χ3v) is 3.73. The van der Waals surface area contributed by atoms with Crippen molar-refractivity contribution in [2.24, 2.45) is 0 Å². The Hall–Kier alpha value is -3.48. The maximum Gasteiger partial charge on any atom is 0.341 e. The number of fused-ring (bicyclic) bond motifs is 1. The van der Waals surface area contributed by atoms with Crippen molar-refractivity contribution in [1.29, 1.82) is 0 Å². The van der Waals surface area contributed by atoms with E-state index in [4.69, 9.17) is 9.47 Å². The molecule has 2 aromatic carbocycles. The molecular formula is C19H17N3O4. The molecule has 7 heteroatoms. The SMILES string of the molecule is COc1ccc(NC(=O)C(C)OC(=O)c2cccc3nccnc23)cc1. The number of nitrogens with one attached hydrogen (secondary N) is 1. The fourth-order valence-electron chi connectivity index (χ4n) is 2.35. The van der Waals surface area contributed by atoms with E-state index in [9.17, 15) is 9.59 Å². The Balaban J connectivity index is 1.68. The van der Waals surface area contributed by atoms with Gasteiger partial charge in [0.15, 0.2) is 6.10 Å². The number of para-hydroxylation sites is 1. The van der Waals surface area contributed by atoms with Crippen molar-refractivity contribution in [3.8, 4) is 5.75 Å². The summed E-state index contributed by atoms with van der Waals surface area (Å²) in [5.74, 6) is -0.386. The molecule has 1 aromatic heterocycles. The molecule has 26 heavy (non-hydrogen) atoms. The van der Waals surface area contributed by atoms with Gasteiger partial charge in [0.05, 0.1) is 18.2 Å². The second kappa shape index (κ2) is 7.60. The van der Waals surface area contributed by atoms with Crippen molar-refractivity contribution >= 4 is 28.6 Å². The minimum absolute atomic E-state index is 0.264. The zero-order valence-electron chi connectivity index (χ0n) is 14.3. The first-order chi connectivity index (χ1) is 12.6. The third-order valence-electron chi connectivity index (χ3n) is 3.73. The number of anilines is 1. The first-order valence-electron chi connectivity index (χ1n) is 7.94. The molecule has 0 saturated carbocycles. The topological polar surface area (TPSA) is 90.4 Å². The van der Waals surface area contributed by atoms with Crippen molar-refractivity contribution in [2.75, 3.05) is 12.4 Å². The summed E-state index contributed by atoms with van der Waals surface area (Å²) < 4.78 is 10.3. The fourth-order valence-corrected chi connectivity index (χ4v) is 2.35. The van der Waals surface area contributed by atoms with Gasteiger partial charge in [0.2, 0.25) is 0 Å². The highest BCUT2D eigenvalue weighted by Gasteiger charge is 2.21. The van der Waals surface area contributed by atoms with Crippen LogP contribution in [0.5, 0.6) is 5.75 Å². The van der Waals surface area contributed by atoms with Crippen LogP contribution in [-0.4, -0.2) is 35.1 Å². The van der Waals surface area contributed by atoms with Crippen LogP contribution in [0, 0.1) is 0 Å². The molecule has 0 spiro atoms. The minimum atomic E-state index is -0.975. The number of esters is 1. The molecular weight excluding hydrogens is 334 g/mol. The van der Waals surface area contributed by atoms with Crippen LogP contribution in [0.3, 0.4) is 0 Å². The van der Waals surface area contributed by atoms with Gasteiger partial charge in [-0.3, -0.25) is 14.8 Å². The predicted molar refractivity (Wildman–Crippen MR) is 96.0 cm³/mol. The lowest BCUT2D eigenvalue weighted by Gasteiger charge is -2.14. The van der Waals surface area contributed by atoms with Gasteiger partial charge in [-0.2, -0.15) is 0 Å². The van der Waals surface area contributed by atoms with Gasteiger partial charge in [-0.1, -0.05) is 6.07 Å². The average Bonchev–Trinajstić information content (AvgIpc) is 2.68. The Labute approximate surface area is 150 Å². The smallest absolute Gasteiger partial charge is 0.341 e. The molecule has 1 N–H and O–H groups in total. The largest absolute Gasteiger partial charge is 0.497 e. The number of methoxy groups -OCH3 is 1. The molecule has 1 unspecified atom stereocenters. The Morgan fingerprint density at radius 1 is 1.04 bits per heavy atom. The van der Waals surface area contributed by atoms with E-state index < -0.39 is 18.0 Å². The Kier molecular flexibility index (Phi) is 5.07. The second-order valence-electron chi connectivity index (χ2n) is 5.49. The highest BCUT2D eigenvalue weighted by atomic mass is 16.5. The first-order valence-corrected chi connectivity index (χ1v) is 7.94. The number of aromatic nitrogens is 2. The molecule has 0 aliphatic carbocycles. The monoisotopic (exact) mass is 351 g/mol. The van der Waals surface area contributed by atoms with E-state index in [1.165, 1.54) is 13.1 Å². The zero-order valence-corrected chi connectivity index (χ0v) is 14.3. The van der Waals surface area contributed by atoms with Gasteiger partial charge in [-0.25, -0.2) is 4.79 Å². The average molecular weight is 351 g/mol. The number of carbonyl (C=O) groups excluding carboxylic acids is 2. The molecule has 0 bridgehead atoms. The molecule has 3 rings (SSSR count). The lowest BCUT2D eigenvalue weighted by atomic mass is 10.2. The van der Waals surface area contributed by atoms with Crippen LogP contribution in [0.15, 0.2) is 54.9 Å². The first kappa shape index (κ1) is 17.3. The number of hydrogen-bond acceptors (Lipinski definition) is 6. The molecule has 0 aliphatic heterocycles. The summed E-state index contributed by atoms with van der Waals surface area (Å²) in [4.78, 5) is 33.0. The lowest BCUT2D eigenvalue weighted by Crippen LogP contribution is -2.30. The Morgan fingerprint density at radius 3 is 2.50 bits per heavy atom. The van der Waals surface area contributed by atoms with Crippen molar-refractivity contribution in [2.45, 2.75) is 13.0 Å². The fraction of sp³-hybridized carbons (Fsp3) is 0.158. The van der Waals surface area contributed by atoms with Crippen LogP contribution in [0.4, 0.5) is 5.69 Å². The number of amides is 1. The van der Waals surface area contributed by atoms with Crippen molar-refractivity contribution in [3.63, 3.8) is 0 Å². The van der Waals surface area contributed by atoms with E-state index in [2.05, 4.69) is 15.3 Å². The maximum atomic E-state index is 12.4. The van der Waals surface area contributed by atoms with Crippen LogP contribution in [0.25, 0.3) is 11.0 Å². The van der Waals surface area contributed by atoms with Crippen LogP contribution in [0.1, 0.15) is 17.3 Å². The predicted octanol–water partition coefficient (Wildman–Crippen LogP) is 2.82. The van der Waals surface area contributed by atoms with E-state index in [0.29, 0.717) is 22.5 Å². The molecule has 0 saturated heterocycles. The number of ether oxygens (including phenoxy) is 2. The number of carbonyl (C=O) groups is 2. The zero-order chi connectivity index (χ0) is 18.5. The third kappa shape index (κ3) is 3.77. The van der Waals surface area contributed by atoms with Gasteiger partial charge in [0.25, 0.3) is 5.91 Å². The molecule has 0 radical (unpaired) electrons. The van der Waals surface area contributed by atoms with E-state index in [0.717, 1.165) is 0 Å². The molecule has 7 nitrogen and oxygen atoms in total. The highest BCUT2D eigenvalue weighted by molar-refractivity contribution is 6.03. The maximum absolute atomic E-state index is 12.4. The minimum Gasteiger partial charge on any atom is -0.497 e. The molecule has 1 amide bonds. The highest BCUT2D eigenvalue weighted by Crippen LogP contribution is 2.17. The number of hydrogen-bond donors (Lipinski definition) is 1. The number of nitrogens with zero attached hydrogens (tertiary/aromatic N) is 2. The van der Waals surface area contributed by atoms with Crippen LogP contribution < -0.4 is 10.1 Å². The van der Waals surface area contributed by atoms with Gasteiger partial charge >= 0.3 is 5.97 Å². The second-order valence-corrected chi connectivity index (χ2v) is 5.49. The van der Waals surface area contributed by atoms with E-state index >= 15 is 0 Å². The quantitative estimate of drug-likeness (QED) is 0.711. The summed E-state index contributed by atoms with van der Waals surface area (Å²) >= 11 is 0. The summed E-state index contributed by atoms with van der Waals surface area (Å²) in [7, 11) is 1.56. The number of rotatable bonds is 5. The molecule has 0 aliphatic rings. The summed E-state index contributed by atoms with van der Waals surface area (Å²) in [6.45, 7) is 1.51. The van der Waals surface area contributed by atoms with E-state index in [-0.39, 0.29) is 5.56 Å². The summed E-state index contributed by atoms with van der Waals surface area (Å²) in [5.41, 5.74) is 1.86. The van der Waals surface area contributed by atoms with Crippen LogP contribution in [-0.2, 0) is 9.53 Å². The van der Waals surface area contributed by atoms with Gasteiger partial charge in [-0.05, 0) is 43.3 Å². The molecule has 0 fully saturated rings. The summed E-state index contributed by atoms with van der Waals surface area (Å²) in [6, 6.07) is 11.9. The normalized spacial score (nSPS) is 11.6. The van der Waals surface area contributed by atoms with Crippen molar-refractivity contribution < 1.29 is 19.1 Å². The summed E-state index contributed by atoms with van der Waals surface area (Å²) in [5, 5.41) is 2.69. The van der Waals surface area contributed by atoms with Gasteiger partial charge < -0.3 is 14.8 Å². The molecule has 1 heterocycles.